The Bertz CT molecular complexity index is 434. The van der Waals surface area contributed by atoms with Gasteiger partial charge in [0.15, 0.2) is 12.6 Å². The van der Waals surface area contributed by atoms with Gasteiger partial charge in [-0.25, -0.2) is 0 Å². The summed E-state index contributed by atoms with van der Waals surface area (Å²) in [6, 6.07) is 0. The molecular weight excluding hydrogens is 356 g/mol. The van der Waals surface area contributed by atoms with Crippen molar-refractivity contribution < 1.29 is 54.7 Å². The summed E-state index contributed by atoms with van der Waals surface area (Å²) in [5, 5.41) is 68.8. The van der Waals surface area contributed by atoms with Gasteiger partial charge in [0, 0.05) is 0 Å². The van der Waals surface area contributed by atoms with Gasteiger partial charge in [-0.2, -0.15) is 0 Å². The Morgan fingerprint density at radius 1 is 0.769 bits per heavy atom. The van der Waals surface area contributed by atoms with Gasteiger partial charge in [0.25, 0.3) is 0 Å². The Morgan fingerprint density at radius 2 is 1.38 bits per heavy atom. The Balaban J connectivity index is 2.17. The zero-order valence-corrected chi connectivity index (χ0v) is 14.5. The highest BCUT2D eigenvalue weighted by atomic mass is 16.7. The van der Waals surface area contributed by atoms with E-state index >= 15 is 0 Å². The van der Waals surface area contributed by atoms with Crippen molar-refractivity contribution in [2.75, 3.05) is 13.2 Å². The van der Waals surface area contributed by atoms with Crippen LogP contribution in [0.25, 0.3) is 0 Å². The molecule has 2 rings (SSSR count). The third kappa shape index (κ3) is 4.51. The third-order valence-electron chi connectivity index (χ3n) is 4.38. The summed E-state index contributed by atoms with van der Waals surface area (Å²) in [7, 11) is 0. The van der Waals surface area contributed by atoms with Gasteiger partial charge in [0.2, 0.25) is 0 Å². The fraction of sp³-hybridized carbons (Fsp3) is 1.00. The van der Waals surface area contributed by atoms with Crippen LogP contribution < -0.4 is 0 Å². The highest BCUT2D eigenvalue weighted by Gasteiger charge is 2.50. The van der Waals surface area contributed by atoms with E-state index in [2.05, 4.69) is 0 Å². The topological polar surface area (TPSA) is 179 Å². The van der Waals surface area contributed by atoms with Gasteiger partial charge in [-0.15, -0.1) is 0 Å². The minimum Gasteiger partial charge on any atom is -0.394 e. The van der Waals surface area contributed by atoms with Crippen molar-refractivity contribution >= 4 is 0 Å². The van der Waals surface area contributed by atoms with Crippen LogP contribution in [0.4, 0.5) is 0 Å². The molecule has 0 amide bonds. The molecule has 11 heteroatoms. The molecule has 2 heterocycles. The summed E-state index contributed by atoms with van der Waals surface area (Å²) in [5.74, 6) is 0. The van der Waals surface area contributed by atoms with Crippen LogP contribution in [-0.2, 0) is 18.9 Å². The first-order valence-electron chi connectivity index (χ1n) is 8.45. The zero-order valence-electron chi connectivity index (χ0n) is 14.5. The first-order valence-corrected chi connectivity index (χ1v) is 8.45. The molecule has 0 aromatic rings. The average Bonchev–Trinajstić information content (AvgIpc) is 2.60. The maximum absolute atomic E-state index is 10.4. The van der Waals surface area contributed by atoms with E-state index in [0.717, 1.165) is 0 Å². The van der Waals surface area contributed by atoms with Crippen LogP contribution in [0.2, 0.25) is 0 Å². The molecule has 2 aliphatic heterocycles. The van der Waals surface area contributed by atoms with Crippen LogP contribution in [0.15, 0.2) is 0 Å². The maximum Gasteiger partial charge on any atom is 0.187 e. The summed E-state index contributed by atoms with van der Waals surface area (Å²) in [6.07, 6.45) is -14.5. The lowest BCUT2D eigenvalue weighted by molar-refractivity contribution is -0.359. The normalized spacial score (nSPS) is 47.3. The van der Waals surface area contributed by atoms with Crippen molar-refractivity contribution in [3.05, 3.63) is 0 Å². The van der Waals surface area contributed by atoms with Gasteiger partial charge in [0.05, 0.1) is 19.3 Å². The van der Waals surface area contributed by atoms with Crippen LogP contribution in [0, 0.1) is 0 Å². The SMILES string of the molecule is CC(C)O[C@@H]1C(O)[C@H](O[C@@H]2C(CO)O[C@@H](O)C(O)[C@H]2O)OC(CO)[C@@H]1O. The summed E-state index contributed by atoms with van der Waals surface area (Å²) in [5.41, 5.74) is 0. The van der Waals surface area contributed by atoms with Gasteiger partial charge in [-0.3, -0.25) is 0 Å². The molecule has 154 valence electrons. The third-order valence-corrected chi connectivity index (χ3v) is 4.38. The molecule has 0 saturated carbocycles. The smallest absolute Gasteiger partial charge is 0.187 e. The van der Waals surface area contributed by atoms with Gasteiger partial charge in [-0.05, 0) is 13.8 Å². The van der Waals surface area contributed by atoms with Gasteiger partial charge >= 0.3 is 0 Å². The van der Waals surface area contributed by atoms with Crippen molar-refractivity contribution in [2.45, 2.75) is 81.4 Å². The molecule has 0 aliphatic carbocycles. The van der Waals surface area contributed by atoms with E-state index in [-0.39, 0.29) is 6.10 Å². The van der Waals surface area contributed by atoms with E-state index in [1.165, 1.54) is 0 Å². The largest absolute Gasteiger partial charge is 0.394 e. The molecule has 0 radical (unpaired) electrons. The highest BCUT2D eigenvalue weighted by molar-refractivity contribution is 4.94. The molecule has 2 fully saturated rings. The van der Waals surface area contributed by atoms with Crippen LogP contribution in [0.3, 0.4) is 0 Å². The van der Waals surface area contributed by atoms with Crippen molar-refractivity contribution in [1.29, 1.82) is 0 Å². The predicted molar refractivity (Wildman–Crippen MR) is 82.6 cm³/mol. The Labute approximate surface area is 150 Å². The second-order valence-electron chi connectivity index (χ2n) is 6.69. The van der Waals surface area contributed by atoms with E-state index in [4.69, 9.17) is 18.9 Å². The van der Waals surface area contributed by atoms with Crippen molar-refractivity contribution in [2.24, 2.45) is 0 Å². The standard InChI is InChI=1S/C15H28O11/c1-5(2)23-13-8(18)6(3-16)25-15(11(13)21)26-12-7(4-17)24-14(22)10(20)9(12)19/h5-22H,3-4H2,1-2H3/t6?,7?,8-,9+,10?,11?,12+,13-,14+,15-/m0/s1. The second kappa shape index (κ2) is 9.17. The Kier molecular flexibility index (Phi) is 7.71. The highest BCUT2D eigenvalue weighted by Crippen LogP contribution is 2.30. The molecule has 4 unspecified atom stereocenters. The maximum atomic E-state index is 10.4. The number of ether oxygens (including phenoxy) is 4. The lowest BCUT2D eigenvalue weighted by Crippen LogP contribution is -2.65. The second-order valence-corrected chi connectivity index (χ2v) is 6.69. The lowest BCUT2D eigenvalue weighted by Gasteiger charge is -2.46. The molecule has 26 heavy (non-hydrogen) atoms. The molecule has 0 aromatic heterocycles. The van der Waals surface area contributed by atoms with Crippen molar-refractivity contribution in [3.63, 3.8) is 0 Å². The molecule has 0 bridgehead atoms. The molecule has 2 saturated heterocycles. The summed E-state index contributed by atoms with van der Waals surface area (Å²) < 4.78 is 21.3. The minimum atomic E-state index is -1.72. The number of hydrogen-bond donors (Lipinski definition) is 7. The molecular formula is C15H28O11. The lowest BCUT2D eigenvalue weighted by atomic mass is 9.97. The van der Waals surface area contributed by atoms with E-state index in [1.54, 1.807) is 13.8 Å². The van der Waals surface area contributed by atoms with Crippen molar-refractivity contribution in [1.82, 2.24) is 0 Å². The zero-order chi connectivity index (χ0) is 19.6. The monoisotopic (exact) mass is 384 g/mol. The van der Waals surface area contributed by atoms with Gasteiger partial charge in [-0.1, -0.05) is 0 Å². The molecule has 0 aromatic carbocycles. The Morgan fingerprint density at radius 3 is 1.92 bits per heavy atom. The van der Waals surface area contributed by atoms with E-state index < -0.39 is 74.6 Å². The quantitative estimate of drug-likeness (QED) is 0.237. The molecule has 10 atom stereocenters. The summed E-state index contributed by atoms with van der Waals surface area (Å²) in [6.45, 7) is 2.15. The number of aliphatic hydroxyl groups is 7. The molecule has 0 spiro atoms. The summed E-state index contributed by atoms with van der Waals surface area (Å²) in [4.78, 5) is 0. The fourth-order valence-electron chi connectivity index (χ4n) is 3.03. The molecule has 11 nitrogen and oxygen atoms in total. The summed E-state index contributed by atoms with van der Waals surface area (Å²) >= 11 is 0. The van der Waals surface area contributed by atoms with E-state index in [9.17, 15) is 35.7 Å². The first-order chi connectivity index (χ1) is 12.2. The number of rotatable bonds is 6. The van der Waals surface area contributed by atoms with E-state index in [0.29, 0.717) is 0 Å². The van der Waals surface area contributed by atoms with Crippen LogP contribution in [0.1, 0.15) is 13.8 Å². The minimum absolute atomic E-state index is 0.354. The number of hydrogen-bond acceptors (Lipinski definition) is 11. The van der Waals surface area contributed by atoms with Crippen molar-refractivity contribution in [3.8, 4) is 0 Å². The van der Waals surface area contributed by atoms with Crippen LogP contribution in [-0.4, -0.2) is 116 Å². The van der Waals surface area contributed by atoms with E-state index in [1.807, 2.05) is 0 Å². The molecule has 2 aliphatic rings. The first kappa shape index (κ1) is 21.9. The van der Waals surface area contributed by atoms with Gasteiger partial charge < -0.3 is 54.7 Å². The predicted octanol–water partition coefficient (Wildman–Crippen LogP) is -3.96. The Hall–Kier alpha value is -0.440. The van der Waals surface area contributed by atoms with Gasteiger partial charge in [0.1, 0.15) is 48.8 Å². The van der Waals surface area contributed by atoms with Crippen LogP contribution >= 0.6 is 0 Å². The number of aliphatic hydroxyl groups excluding tert-OH is 7. The fourth-order valence-corrected chi connectivity index (χ4v) is 3.03. The average molecular weight is 384 g/mol. The molecule has 7 N–H and O–H groups in total. The van der Waals surface area contributed by atoms with Crippen LogP contribution in [0.5, 0.6) is 0 Å².